The van der Waals surface area contributed by atoms with Gasteiger partial charge in [-0.15, -0.1) is 0 Å². The standard InChI is InChI=1S/C20H23N5O2/c1-13-4-2-3-5-15-11-16(8-9-21-15)23-19-12-18(24-25-19)14-6-7-17(10-14)27-20(26)22-13/h8-9,11-14,17H,2,4,6-7,10H2,1H3,(H,22,26)(H2,23,24,25)/t13-,14+,17-/m1/s1. The van der Waals surface area contributed by atoms with Crippen LogP contribution in [0.1, 0.15) is 56.3 Å². The molecule has 27 heavy (non-hydrogen) atoms. The average Bonchev–Trinajstić information content (AvgIpc) is 3.28. The highest BCUT2D eigenvalue weighted by atomic mass is 16.6. The number of pyridine rings is 1. The molecule has 7 nitrogen and oxygen atoms in total. The molecule has 3 N–H and O–H groups in total. The van der Waals surface area contributed by atoms with E-state index < -0.39 is 0 Å². The van der Waals surface area contributed by atoms with Gasteiger partial charge in [-0.25, -0.2) is 9.78 Å². The molecule has 3 atom stereocenters. The van der Waals surface area contributed by atoms with Crippen LogP contribution in [0.25, 0.3) is 0 Å². The number of carbonyl (C=O) groups is 1. The highest BCUT2D eigenvalue weighted by molar-refractivity contribution is 5.67. The number of fused-ring (bicyclic) bond motifs is 7. The maximum absolute atomic E-state index is 12.1. The molecule has 0 aromatic carbocycles. The van der Waals surface area contributed by atoms with Gasteiger partial charge in [-0.3, -0.25) is 5.10 Å². The summed E-state index contributed by atoms with van der Waals surface area (Å²) >= 11 is 0. The number of amides is 1. The lowest BCUT2D eigenvalue weighted by atomic mass is 10.0. The molecule has 1 amide bonds. The summed E-state index contributed by atoms with van der Waals surface area (Å²) in [6.45, 7) is 1.97. The quantitative estimate of drug-likeness (QED) is 0.622. The van der Waals surface area contributed by atoms with E-state index >= 15 is 0 Å². The minimum absolute atomic E-state index is 0.0130. The van der Waals surface area contributed by atoms with Gasteiger partial charge in [0.25, 0.3) is 0 Å². The fourth-order valence-corrected chi connectivity index (χ4v) is 3.56. The zero-order valence-electron chi connectivity index (χ0n) is 15.3. The molecule has 2 aromatic heterocycles. The van der Waals surface area contributed by atoms with Crippen molar-refractivity contribution in [3.8, 4) is 11.8 Å². The Morgan fingerprint density at radius 2 is 2.19 bits per heavy atom. The van der Waals surface area contributed by atoms with E-state index in [1.165, 1.54) is 0 Å². The monoisotopic (exact) mass is 365 g/mol. The Labute approximate surface area is 158 Å². The zero-order valence-corrected chi connectivity index (χ0v) is 15.3. The van der Waals surface area contributed by atoms with Crippen LogP contribution in [-0.2, 0) is 4.74 Å². The van der Waals surface area contributed by atoms with Crippen molar-refractivity contribution >= 4 is 17.6 Å². The number of hydrogen-bond acceptors (Lipinski definition) is 5. The maximum Gasteiger partial charge on any atom is 0.407 e. The molecule has 0 unspecified atom stereocenters. The third kappa shape index (κ3) is 4.40. The molecule has 1 aliphatic carbocycles. The first-order valence-corrected chi connectivity index (χ1v) is 9.40. The molecule has 1 fully saturated rings. The largest absolute Gasteiger partial charge is 0.446 e. The number of nitrogens with one attached hydrogen (secondary N) is 3. The number of aromatic amines is 1. The summed E-state index contributed by atoms with van der Waals surface area (Å²) in [4.78, 5) is 16.4. The average molecular weight is 365 g/mol. The highest BCUT2D eigenvalue weighted by Gasteiger charge is 2.30. The summed E-state index contributed by atoms with van der Waals surface area (Å²) < 4.78 is 5.59. The summed E-state index contributed by atoms with van der Waals surface area (Å²) in [7, 11) is 0. The SMILES string of the molecule is C[C@@H]1CCC#Cc2cc(ccn2)Nc2cc([nH]n2)[C@H]2CC[C@H](C2)OC(=O)N1. The minimum atomic E-state index is -0.344. The van der Waals surface area contributed by atoms with Crippen LogP contribution in [-0.4, -0.2) is 33.4 Å². The zero-order chi connectivity index (χ0) is 18.6. The Bertz CT molecular complexity index is 882. The molecule has 3 heterocycles. The van der Waals surface area contributed by atoms with Crippen molar-refractivity contribution in [2.75, 3.05) is 5.32 Å². The summed E-state index contributed by atoms with van der Waals surface area (Å²) in [6.07, 6.45) is 5.44. The number of hydrogen-bond donors (Lipinski definition) is 3. The highest BCUT2D eigenvalue weighted by Crippen LogP contribution is 2.36. The Hall–Kier alpha value is -3.01. The van der Waals surface area contributed by atoms with Gasteiger partial charge in [0.2, 0.25) is 0 Å². The normalized spacial score (nSPS) is 25.1. The number of anilines is 2. The molecule has 7 heteroatoms. The first-order chi connectivity index (χ1) is 13.2. The van der Waals surface area contributed by atoms with E-state index in [0.717, 1.165) is 42.9 Å². The number of nitrogens with zero attached hydrogens (tertiary/aromatic N) is 2. The second-order valence-electron chi connectivity index (χ2n) is 7.19. The van der Waals surface area contributed by atoms with Gasteiger partial charge in [0.05, 0.1) is 0 Å². The summed E-state index contributed by atoms with van der Waals surface area (Å²) in [6, 6.07) is 5.84. The Balaban J connectivity index is 1.57. The van der Waals surface area contributed by atoms with Crippen molar-refractivity contribution in [1.29, 1.82) is 0 Å². The Morgan fingerprint density at radius 1 is 1.26 bits per heavy atom. The smallest absolute Gasteiger partial charge is 0.407 e. The minimum Gasteiger partial charge on any atom is -0.446 e. The first-order valence-electron chi connectivity index (χ1n) is 9.40. The van der Waals surface area contributed by atoms with E-state index in [-0.39, 0.29) is 18.2 Å². The van der Waals surface area contributed by atoms with Gasteiger partial charge in [-0.2, -0.15) is 5.10 Å². The summed E-state index contributed by atoms with van der Waals surface area (Å²) in [5, 5.41) is 13.7. The maximum atomic E-state index is 12.1. The lowest BCUT2D eigenvalue weighted by Crippen LogP contribution is -2.35. The first kappa shape index (κ1) is 17.4. The molecule has 6 bridgehead atoms. The van der Waals surface area contributed by atoms with Crippen LogP contribution in [0, 0.1) is 11.8 Å². The van der Waals surface area contributed by atoms with Crippen molar-refractivity contribution in [2.45, 2.75) is 57.1 Å². The van der Waals surface area contributed by atoms with Crippen molar-refractivity contribution in [2.24, 2.45) is 0 Å². The van der Waals surface area contributed by atoms with Crippen LogP contribution in [0.2, 0.25) is 0 Å². The molecule has 0 spiro atoms. The van der Waals surface area contributed by atoms with E-state index in [1.807, 2.05) is 25.1 Å². The van der Waals surface area contributed by atoms with E-state index in [4.69, 9.17) is 4.74 Å². The summed E-state index contributed by atoms with van der Waals surface area (Å²) in [5.74, 6) is 7.27. The van der Waals surface area contributed by atoms with Crippen LogP contribution >= 0.6 is 0 Å². The topological polar surface area (TPSA) is 91.9 Å². The van der Waals surface area contributed by atoms with Crippen LogP contribution in [0.3, 0.4) is 0 Å². The van der Waals surface area contributed by atoms with E-state index in [2.05, 4.69) is 37.7 Å². The Kier molecular flexibility index (Phi) is 4.97. The second kappa shape index (κ2) is 7.70. The predicted octanol–water partition coefficient (Wildman–Crippen LogP) is 3.44. The molecule has 2 aliphatic rings. The molecule has 1 aliphatic heterocycles. The van der Waals surface area contributed by atoms with Crippen molar-refractivity contribution < 1.29 is 9.53 Å². The third-order valence-electron chi connectivity index (χ3n) is 5.01. The van der Waals surface area contributed by atoms with Crippen molar-refractivity contribution in [3.05, 3.63) is 35.8 Å². The molecule has 4 rings (SSSR count). The lowest BCUT2D eigenvalue weighted by molar-refractivity contribution is 0.0973. The molecular weight excluding hydrogens is 342 g/mol. The van der Waals surface area contributed by atoms with Gasteiger partial charge in [0.1, 0.15) is 11.8 Å². The molecule has 0 saturated heterocycles. The molecule has 140 valence electrons. The fraction of sp³-hybridized carbons (Fsp3) is 0.450. The lowest BCUT2D eigenvalue weighted by Gasteiger charge is -2.16. The number of rotatable bonds is 0. The van der Waals surface area contributed by atoms with Gasteiger partial charge in [-0.1, -0.05) is 5.92 Å². The number of H-pyrrole nitrogens is 1. The second-order valence-corrected chi connectivity index (χ2v) is 7.19. The molecule has 2 aromatic rings. The number of aromatic nitrogens is 3. The van der Waals surface area contributed by atoms with Crippen molar-refractivity contribution in [3.63, 3.8) is 0 Å². The third-order valence-corrected chi connectivity index (χ3v) is 5.01. The van der Waals surface area contributed by atoms with E-state index in [1.54, 1.807) is 6.20 Å². The Morgan fingerprint density at radius 3 is 3.11 bits per heavy atom. The molecular formula is C20H23N5O2. The summed E-state index contributed by atoms with van der Waals surface area (Å²) in [5.41, 5.74) is 2.67. The number of carbonyl (C=O) groups excluding carboxylic acids is 1. The van der Waals surface area contributed by atoms with Crippen molar-refractivity contribution in [1.82, 2.24) is 20.5 Å². The van der Waals surface area contributed by atoms with Gasteiger partial charge in [0, 0.05) is 42.0 Å². The van der Waals surface area contributed by atoms with Gasteiger partial charge < -0.3 is 15.4 Å². The van der Waals surface area contributed by atoms with Crippen LogP contribution in [0.15, 0.2) is 24.4 Å². The van der Waals surface area contributed by atoms with Gasteiger partial charge in [0.15, 0.2) is 5.82 Å². The number of alkyl carbamates (subject to hydrolysis) is 1. The van der Waals surface area contributed by atoms with Crippen LogP contribution in [0.4, 0.5) is 16.3 Å². The van der Waals surface area contributed by atoms with E-state index in [9.17, 15) is 4.79 Å². The van der Waals surface area contributed by atoms with Gasteiger partial charge >= 0.3 is 6.09 Å². The van der Waals surface area contributed by atoms with Gasteiger partial charge in [-0.05, 0) is 50.7 Å². The fourth-order valence-electron chi connectivity index (χ4n) is 3.56. The van der Waals surface area contributed by atoms with Crippen LogP contribution < -0.4 is 10.6 Å². The number of ether oxygens (including phenoxy) is 1. The van der Waals surface area contributed by atoms with E-state index in [0.29, 0.717) is 18.0 Å². The molecule has 1 saturated carbocycles. The predicted molar refractivity (Wildman–Crippen MR) is 102 cm³/mol. The molecule has 0 radical (unpaired) electrons. The van der Waals surface area contributed by atoms with Crippen LogP contribution in [0.5, 0.6) is 0 Å².